The van der Waals surface area contributed by atoms with Crippen LogP contribution in [0.25, 0.3) is 0 Å². The standard InChI is InChI=1S/C28H33NO9/c1-29(2)12-6-13-35-20-9-7-19(8-10-20)28(31)21(25(27(30)37-28)22-11-14-36-38-22)15-18-16-23(32-3)26(34-5)24(17-18)33-4/h7-11,16-17,31H,6,12-15H2,1-5H3. The third-order valence-corrected chi connectivity index (χ3v) is 6.26. The highest BCUT2D eigenvalue weighted by molar-refractivity contribution is 5.97. The van der Waals surface area contributed by atoms with E-state index in [-0.39, 0.29) is 29.9 Å². The van der Waals surface area contributed by atoms with Crippen molar-refractivity contribution in [2.45, 2.75) is 18.6 Å². The van der Waals surface area contributed by atoms with Crippen LogP contribution in [0.2, 0.25) is 0 Å². The lowest BCUT2D eigenvalue weighted by Crippen LogP contribution is -2.29. The van der Waals surface area contributed by atoms with Crippen molar-refractivity contribution in [3.05, 3.63) is 70.5 Å². The highest BCUT2D eigenvalue weighted by Crippen LogP contribution is 2.46. The molecule has 0 bridgehead atoms. The monoisotopic (exact) mass is 527 g/mol. The number of benzene rings is 2. The maximum Gasteiger partial charge on any atom is 0.345 e. The quantitative estimate of drug-likeness (QED) is 0.251. The van der Waals surface area contributed by atoms with Crippen LogP contribution in [0.15, 0.2) is 59.4 Å². The van der Waals surface area contributed by atoms with Crippen LogP contribution in [-0.2, 0) is 31.5 Å². The zero-order valence-electron chi connectivity index (χ0n) is 22.2. The number of carbonyl (C=O) groups is 1. The molecule has 10 heteroatoms. The first-order valence-electron chi connectivity index (χ1n) is 12.2. The Bertz CT molecular complexity index is 1190. The molecule has 1 N–H and O–H groups in total. The van der Waals surface area contributed by atoms with Crippen LogP contribution in [0, 0.1) is 0 Å². The second-order valence-corrected chi connectivity index (χ2v) is 9.06. The Morgan fingerprint density at radius 1 is 1.03 bits per heavy atom. The van der Waals surface area contributed by atoms with Gasteiger partial charge in [0.05, 0.1) is 27.9 Å². The number of cyclic esters (lactones) is 1. The molecular weight excluding hydrogens is 494 g/mol. The topological polar surface area (TPSA) is 105 Å². The molecule has 204 valence electrons. The molecule has 2 aliphatic heterocycles. The molecule has 0 aromatic heterocycles. The van der Waals surface area contributed by atoms with Gasteiger partial charge in [0, 0.05) is 24.1 Å². The van der Waals surface area contributed by atoms with Crippen molar-refractivity contribution >= 4 is 5.97 Å². The van der Waals surface area contributed by atoms with Crippen molar-refractivity contribution in [3.8, 4) is 23.0 Å². The minimum absolute atomic E-state index is 0.0998. The number of carbonyl (C=O) groups excluding carboxylic acids is 1. The molecule has 0 radical (unpaired) electrons. The summed E-state index contributed by atoms with van der Waals surface area (Å²) in [6.07, 6.45) is 2.60. The van der Waals surface area contributed by atoms with Gasteiger partial charge in [-0.3, -0.25) is 0 Å². The van der Waals surface area contributed by atoms with E-state index in [1.54, 1.807) is 42.5 Å². The SMILES string of the molecule is COc1cc(CC2=C(C3=CCOO3)C(=O)OC2(O)c2ccc(OCCCN(C)C)cc2)cc(OC)c1OC. The highest BCUT2D eigenvalue weighted by atomic mass is 17.2. The van der Waals surface area contributed by atoms with Gasteiger partial charge in [-0.25, -0.2) is 4.79 Å². The predicted molar refractivity (Wildman–Crippen MR) is 137 cm³/mol. The molecule has 2 aliphatic rings. The fourth-order valence-corrected chi connectivity index (χ4v) is 4.40. The summed E-state index contributed by atoms with van der Waals surface area (Å²) in [4.78, 5) is 25.4. The summed E-state index contributed by atoms with van der Waals surface area (Å²) in [6.45, 7) is 1.63. The maximum atomic E-state index is 13.1. The lowest BCUT2D eigenvalue weighted by molar-refractivity contribution is -0.231. The van der Waals surface area contributed by atoms with Crippen LogP contribution in [0.4, 0.5) is 0 Å². The van der Waals surface area contributed by atoms with Gasteiger partial charge in [-0.2, -0.15) is 4.89 Å². The van der Waals surface area contributed by atoms with Crippen molar-refractivity contribution < 1.29 is 43.4 Å². The average molecular weight is 528 g/mol. The summed E-state index contributed by atoms with van der Waals surface area (Å²) in [7, 11) is 8.57. The number of esters is 1. The van der Waals surface area contributed by atoms with Crippen molar-refractivity contribution in [1.82, 2.24) is 4.90 Å². The number of nitrogens with zero attached hydrogens (tertiary/aromatic N) is 1. The van der Waals surface area contributed by atoms with E-state index in [2.05, 4.69) is 4.90 Å². The van der Waals surface area contributed by atoms with E-state index in [4.69, 9.17) is 33.5 Å². The van der Waals surface area contributed by atoms with Gasteiger partial charge in [0.2, 0.25) is 5.75 Å². The number of aliphatic hydroxyl groups is 1. The van der Waals surface area contributed by atoms with E-state index in [1.165, 1.54) is 21.3 Å². The van der Waals surface area contributed by atoms with E-state index in [9.17, 15) is 9.90 Å². The fourth-order valence-electron chi connectivity index (χ4n) is 4.40. The predicted octanol–water partition coefficient (Wildman–Crippen LogP) is 3.13. The third-order valence-electron chi connectivity index (χ3n) is 6.26. The Morgan fingerprint density at radius 2 is 1.71 bits per heavy atom. The van der Waals surface area contributed by atoms with Crippen LogP contribution < -0.4 is 18.9 Å². The van der Waals surface area contributed by atoms with Gasteiger partial charge in [0.15, 0.2) is 17.3 Å². The lowest BCUT2D eigenvalue weighted by Gasteiger charge is -2.26. The van der Waals surface area contributed by atoms with Crippen molar-refractivity contribution in [1.29, 1.82) is 0 Å². The second-order valence-electron chi connectivity index (χ2n) is 9.06. The van der Waals surface area contributed by atoms with Gasteiger partial charge < -0.3 is 38.6 Å². The minimum atomic E-state index is -2.05. The molecule has 4 rings (SSSR count). The molecular formula is C28H33NO9. The van der Waals surface area contributed by atoms with Crippen LogP contribution in [0.1, 0.15) is 17.5 Å². The van der Waals surface area contributed by atoms with E-state index in [1.807, 2.05) is 14.1 Å². The van der Waals surface area contributed by atoms with Crippen molar-refractivity contribution in [3.63, 3.8) is 0 Å². The molecule has 2 aromatic carbocycles. The first kappa shape index (κ1) is 27.3. The Balaban J connectivity index is 1.70. The minimum Gasteiger partial charge on any atom is -0.494 e. The van der Waals surface area contributed by atoms with E-state index < -0.39 is 11.8 Å². The van der Waals surface area contributed by atoms with E-state index >= 15 is 0 Å². The van der Waals surface area contributed by atoms with Gasteiger partial charge in [-0.15, -0.1) is 0 Å². The number of methoxy groups -OCH3 is 3. The van der Waals surface area contributed by atoms with Gasteiger partial charge >= 0.3 is 5.97 Å². The number of hydrogen-bond acceptors (Lipinski definition) is 10. The Kier molecular flexibility index (Phi) is 8.45. The molecule has 2 aromatic rings. The maximum absolute atomic E-state index is 13.1. The molecule has 38 heavy (non-hydrogen) atoms. The summed E-state index contributed by atoms with van der Waals surface area (Å²) in [5.41, 5.74) is 1.43. The first-order valence-corrected chi connectivity index (χ1v) is 12.2. The number of ether oxygens (including phenoxy) is 5. The summed E-state index contributed by atoms with van der Waals surface area (Å²) in [6, 6.07) is 10.3. The largest absolute Gasteiger partial charge is 0.494 e. The molecule has 0 amide bonds. The molecule has 1 atom stereocenters. The van der Waals surface area contributed by atoms with Gasteiger partial charge in [0.1, 0.15) is 17.9 Å². The Hall–Kier alpha value is -3.73. The smallest absolute Gasteiger partial charge is 0.345 e. The van der Waals surface area contributed by atoms with E-state index in [0.717, 1.165) is 13.0 Å². The normalized spacial score (nSPS) is 18.8. The molecule has 0 aliphatic carbocycles. The fraction of sp³-hybridized carbons (Fsp3) is 0.393. The molecule has 0 saturated heterocycles. The molecule has 0 saturated carbocycles. The lowest BCUT2D eigenvalue weighted by atomic mass is 9.89. The molecule has 0 spiro atoms. The first-order chi connectivity index (χ1) is 18.3. The van der Waals surface area contributed by atoms with Crippen molar-refractivity contribution in [2.24, 2.45) is 0 Å². The zero-order chi connectivity index (χ0) is 27.3. The Morgan fingerprint density at radius 3 is 2.26 bits per heavy atom. The van der Waals surface area contributed by atoms with Crippen LogP contribution in [0.3, 0.4) is 0 Å². The van der Waals surface area contributed by atoms with Crippen LogP contribution in [-0.4, -0.2) is 71.2 Å². The molecule has 0 fully saturated rings. The van der Waals surface area contributed by atoms with E-state index in [0.29, 0.717) is 40.7 Å². The molecule has 1 unspecified atom stereocenters. The van der Waals surface area contributed by atoms with Gasteiger partial charge in [-0.05, 0) is 68.6 Å². The zero-order valence-corrected chi connectivity index (χ0v) is 22.2. The summed E-state index contributed by atoms with van der Waals surface area (Å²) >= 11 is 0. The molecule has 2 heterocycles. The average Bonchev–Trinajstić information content (AvgIpc) is 3.52. The van der Waals surface area contributed by atoms with Gasteiger partial charge in [-0.1, -0.05) is 0 Å². The third kappa shape index (κ3) is 5.57. The Labute approximate surface area is 221 Å². The van der Waals surface area contributed by atoms with Gasteiger partial charge in [0.25, 0.3) is 5.79 Å². The van der Waals surface area contributed by atoms with Crippen molar-refractivity contribution in [2.75, 3.05) is 55.2 Å². The number of hydrogen-bond donors (Lipinski definition) is 1. The summed E-state index contributed by atoms with van der Waals surface area (Å²) < 4.78 is 27.8. The summed E-state index contributed by atoms with van der Waals surface area (Å²) in [5, 5.41) is 11.8. The second kappa shape index (κ2) is 11.8. The summed E-state index contributed by atoms with van der Waals surface area (Å²) in [5.74, 6) is -0.640. The molecule has 10 nitrogen and oxygen atoms in total. The van der Waals surface area contributed by atoms with Crippen LogP contribution >= 0.6 is 0 Å². The van der Waals surface area contributed by atoms with Crippen LogP contribution in [0.5, 0.6) is 23.0 Å². The number of rotatable bonds is 12. The highest BCUT2D eigenvalue weighted by Gasteiger charge is 2.50.